The molecule has 3 nitrogen and oxygen atoms in total. The highest BCUT2D eigenvalue weighted by atomic mass is 28.4. The third-order valence-corrected chi connectivity index (χ3v) is 9.01. The molecular formula is C18H32O3Si. The van der Waals surface area contributed by atoms with Crippen LogP contribution in [0.1, 0.15) is 33.3 Å². The minimum Gasteiger partial charge on any atom is -0.416 e. The largest absolute Gasteiger partial charge is 0.416 e. The minimum absolute atomic E-state index is 0.0659. The Bertz CT molecular complexity index is 439. The fourth-order valence-electron chi connectivity index (χ4n) is 1.69. The average molecular weight is 325 g/mol. The van der Waals surface area contributed by atoms with Crippen molar-refractivity contribution < 1.29 is 14.3 Å². The zero-order valence-corrected chi connectivity index (χ0v) is 16.0. The lowest BCUT2D eigenvalue weighted by atomic mass is 9.94. The van der Waals surface area contributed by atoms with Gasteiger partial charge in [0.25, 0.3) is 0 Å². The number of rotatable bonds is 8. The average Bonchev–Trinajstić information content (AvgIpc) is 2.45. The van der Waals surface area contributed by atoms with Gasteiger partial charge in [-0.25, -0.2) is 0 Å². The van der Waals surface area contributed by atoms with Crippen LogP contribution in [0.3, 0.4) is 0 Å². The standard InChI is InChI=1S/C18H32O3Si/c1-17(2,3)22(5,6)21-15-18(4,13-19)14-20-12-16-10-8-7-9-11-16/h7-11,19H,12-15H2,1-6H3. The minimum atomic E-state index is -1.80. The van der Waals surface area contributed by atoms with Gasteiger partial charge in [0.1, 0.15) is 0 Å². The first-order valence-corrected chi connectivity index (χ1v) is 10.9. The molecule has 0 spiro atoms. The fraction of sp³-hybridized carbons (Fsp3) is 0.667. The summed E-state index contributed by atoms with van der Waals surface area (Å²) in [6.07, 6.45) is 0. The molecule has 0 amide bonds. The van der Waals surface area contributed by atoms with Gasteiger partial charge in [-0.1, -0.05) is 58.0 Å². The number of ether oxygens (including phenoxy) is 1. The molecule has 0 aliphatic rings. The molecule has 0 bridgehead atoms. The van der Waals surface area contributed by atoms with Crippen LogP contribution in [0.15, 0.2) is 30.3 Å². The summed E-state index contributed by atoms with van der Waals surface area (Å²) in [4.78, 5) is 0. The van der Waals surface area contributed by atoms with E-state index in [1.165, 1.54) is 0 Å². The Morgan fingerprint density at radius 3 is 2.09 bits per heavy atom. The molecule has 0 saturated heterocycles. The Kier molecular flexibility index (Phi) is 6.80. The lowest BCUT2D eigenvalue weighted by Crippen LogP contribution is -2.45. The Balaban J connectivity index is 2.50. The molecule has 0 heterocycles. The van der Waals surface area contributed by atoms with Crippen molar-refractivity contribution >= 4 is 8.32 Å². The van der Waals surface area contributed by atoms with Crippen LogP contribution in [-0.4, -0.2) is 33.2 Å². The van der Waals surface area contributed by atoms with Crippen LogP contribution in [0.25, 0.3) is 0 Å². The second kappa shape index (κ2) is 7.73. The molecule has 0 fully saturated rings. The normalized spacial score (nSPS) is 15.6. The van der Waals surface area contributed by atoms with Gasteiger partial charge >= 0.3 is 0 Å². The van der Waals surface area contributed by atoms with Crippen molar-refractivity contribution in [2.75, 3.05) is 19.8 Å². The maximum atomic E-state index is 9.74. The van der Waals surface area contributed by atoms with Crippen LogP contribution >= 0.6 is 0 Å². The zero-order valence-electron chi connectivity index (χ0n) is 15.0. The van der Waals surface area contributed by atoms with E-state index >= 15 is 0 Å². The van der Waals surface area contributed by atoms with Crippen LogP contribution in [0.4, 0.5) is 0 Å². The van der Waals surface area contributed by atoms with Gasteiger partial charge in [0.15, 0.2) is 8.32 Å². The van der Waals surface area contributed by atoms with E-state index in [-0.39, 0.29) is 17.1 Å². The number of aliphatic hydroxyl groups excluding tert-OH is 1. The van der Waals surface area contributed by atoms with E-state index in [1.54, 1.807) is 0 Å². The van der Waals surface area contributed by atoms with E-state index in [1.807, 2.05) is 37.3 Å². The van der Waals surface area contributed by atoms with Crippen LogP contribution in [0, 0.1) is 5.41 Å². The van der Waals surface area contributed by atoms with Crippen molar-refractivity contribution in [3.8, 4) is 0 Å². The highest BCUT2D eigenvalue weighted by molar-refractivity contribution is 6.74. The number of aliphatic hydroxyl groups is 1. The third kappa shape index (κ3) is 5.84. The molecule has 1 atom stereocenters. The summed E-state index contributed by atoms with van der Waals surface area (Å²) >= 11 is 0. The van der Waals surface area contributed by atoms with Crippen molar-refractivity contribution in [2.24, 2.45) is 5.41 Å². The monoisotopic (exact) mass is 324 g/mol. The molecule has 0 aliphatic heterocycles. The second-order valence-electron chi connectivity index (χ2n) is 8.00. The summed E-state index contributed by atoms with van der Waals surface area (Å²) < 4.78 is 12.1. The van der Waals surface area contributed by atoms with Crippen molar-refractivity contribution in [2.45, 2.75) is 52.4 Å². The maximum absolute atomic E-state index is 9.74. The van der Waals surface area contributed by atoms with Crippen LogP contribution in [0.2, 0.25) is 18.1 Å². The summed E-state index contributed by atoms with van der Waals surface area (Å²) in [7, 11) is -1.80. The molecule has 1 aromatic carbocycles. The molecular weight excluding hydrogens is 292 g/mol. The summed E-state index contributed by atoms with van der Waals surface area (Å²) in [5.74, 6) is 0. The molecule has 4 heteroatoms. The molecule has 22 heavy (non-hydrogen) atoms. The van der Waals surface area contributed by atoms with Gasteiger partial charge in [0, 0.05) is 12.0 Å². The summed E-state index contributed by atoms with van der Waals surface area (Å²) in [5, 5.41) is 9.91. The zero-order chi connectivity index (χ0) is 16.9. The van der Waals surface area contributed by atoms with E-state index in [0.29, 0.717) is 19.8 Å². The lowest BCUT2D eigenvalue weighted by molar-refractivity contribution is -0.0189. The predicted molar refractivity (Wildman–Crippen MR) is 94.4 cm³/mol. The SMILES string of the molecule is CC(CO)(COCc1ccccc1)CO[Si](C)(C)C(C)(C)C. The Labute approximate surface area is 136 Å². The van der Waals surface area contributed by atoms with E-state index < -0.39 is 8.32 Å². The summed E-state index contributed by atoms with van der Waals surface area (Å²) in [6.45, 7) is 14.8. The molecule has 126 valence electrons. The van der Waals surface area contributed by atoms with Crippen molar-refractivity contribution in [3.05, 3.63) is 35.9 Å². The van der Waals surface area contributed by atoms with Gasteiger partial charge in [-0.3, -0.25) is 0 Å². The van der Waals surface area contributed by atoms with Crippen molar-refractivity contribution in [1.29, 1.82) is 0 Å². The van der Waals surface area contributed by atoms with Gasteiger partial charge in [0.05, 0.1) is 19.8 Å². The highest BCUT2D eigenvalue weighted by Crippen LogP contribution is 2.37. The highest BCUT2D eigenvalue weighted by Gasteiger charge is 2.39. The molecule has 0 aliphatic carbocycles. The van der Waals surface area contributed by atoms with Gasteiger partial charge < -0.3 is 14.3 Å². The second-order valence-corrected chi connectivity index (χ2v) is 12.8. The van der Waals surface area contributed by atoms with Gasteiger partial charge in [-0.05, 0) is 23.7 Å². The molecule has 0 aromatic heterocycles. The Hall–Kier alpha value is -0.683. The molecule has 1 rings (SSSR count). The van der Waals surface area contributed by atoms with Crippen molar-refractivity contribution in [3.63, 3.8) is 0 Å². The quantitative estimate of drug-likeness (QED) is 0.728. The topological polar surface area (TPSA) is 38.7 Å². The molecule has 1 N–H and O–H groups in total. The van der Waals surface area contributed by atoms with Crippen molar-refractivity contribution in [1.82, 2.24) is 0 Å². The Morgan fingerprint density at radius 1 is 1.00 bits per heavy atom. The first kappa shape index (κ1) is 19.4. The molecule has 0 saturated carbocycles. The number of hydrogen-bond donors (Lipinski definition) is 1. The van der Waals surface area contributed by atoms with Crippen LogP contribution < -0.4 is 0 Å². The van der Waals surface area contributed by atoms with E-state index in [9.17, 15) is 5.11 Å². The Morgan fingerprint density at radius 2 is 1.59 bits per heavy atom. The van der Waals surface area contributed by atoms with Gasteiger partial charge in [0.2, 0.25) is 0 Å². The number of hydrogen-bond acceptors (Lipinski definition) is 3. The molecule has 1 unspecified atom stereocenters. The van der Waals surface area contributed by atoms with E-state index in [4.69, 9.17) is 9.16 Å². The summed E-state index contributed by atoms with van der Waals surface area (Å²) in [5.41, 5.74) is 0.790. The fourth-order valence-corrected chi connectivity index (χ4v) is 2.84. The van der Waals surface area contributed by atoms with Gasteiger partial charge in [-0.2, -0.15) is 0 Å². The smallest absolute Gasteiger partial charge is 0.192 e. The predicted octanol–water partition coefficient (Wildman–Crippen LogP) is 4.22. The lowest BCUT2D eigenvalue weighted by Gasteiger charge is -2.39. The summed E-state index contributed by atoms with van der Waals surface area (Å²) in [6, 6.07) is 10.1. The van der Waals surface area contributed by atoms with Crippen LogP contribution in [-0.2, 0) is 15.8 Å². The first-order chi connectivity index (χ1) is 10.1. The first-order valence-electron chi connectivity index (χ1n) is 7.96. The third-order valence-electron chi connectivity index (χ3n) is 4.53. The molecule has 0 radical (unpaired) electrons. The van der Waals surface area contributed by atoms with E-state index in [0.717, 1.165) is 5.56 Å². The van der Waals surface area contributed by atoms with E-state index in [2.05, 4.69) is 33.9 Å². The molecule has 1 aromatic rings. The number of benzene rings is 1. The van der Waals surface area contributed by atoms with Gasteiger partial charge in [-0.15, -0.1) is 0 Å². The maximum Gasteiger partial charge on any atom is 0.192 e. The van der Waals surface area contributed by atoms with Crippen LogP contribution in [0.5, 0.6) is 0 Å².